The summed E-state index contributed by atoms with van der Waals surface area (Å²) in [5.74, 6) is -0.663. The lowest BCUT2D eigenvalue weighted by Gasteiger charge is -2.28. The maximum Gasteiger partial charge on any atom is 0.126 e. The molecular formula is C13H17F2N. The fourth-order valence-electron chi connectivity index (χ4n) is 2.49. The van der Waals surface area contributed by atoms with Gasteiger partial charge < -0.3 is 5.32 Å². The summed E-state index contributed by atoms with van der Waals surface area (Å²) in [6.07, 6.45) is 3.68. The lowest BCUT2D eigenvalue weighted by atomic mass is 9.86. The minimum atomic E-state index is -0.361. The molecule has 1 aromatic rings. The average molecular weight is 225 g/mol. The summed E-state index contributed by atoms with van der Waals surface area (Å²) in [4.78, 5) is 0. The molecule has 1 fully saturated rings. The predicted octanol–water partition coefficient (Wildman–Crippen LogP) is 3.04. The maximum atomic E-state index is 13.5. The second-order valence-corrected chi connectivity index (χ2v) is 4.58. The van der Waals surface area contributed by atoms with Crippen LogP contribution in [-0.4, -0.2) is 12.1 Å². The molecule has 1 heterocycles. The zero-order valence-electron chi connectivity index (χ0n) is 9.52. The summed E-state index contributed by atoms with van der Waals surface area (Å²) in [6.45, 7) is 3.07. The Morgan fingerprint density at radius 1 is 1.38 bits per heavy atom. The van der Waals surface area contributed by atoms with E-state index < -0.39 is 0 Å². The minimum absolute atomic E-state index is 0.0331. The number of hydrogen-bond acceptors (Lipinski definition) is 1. The van der Waals surface area contributed by atoms with Crippen molar-refractivity contribution < 1.29 is 8.78 Å². The van der Waals surface area contributed by atoms with E-state index in [2.05, 4.69) is 12.2 Å². The molecule has 1 aliphatic rings. The first-order chi connectivity index (χ1) is 7.65. The van der Waals surface area contributed by atoms with Crippen molar-refractivity contribution in [1.29, 1.82) is 0 Å². The van der Waals surface area contributed by atoms with Crippen LogP contribution < -0.4 is 5.32 Å². The number of halogens is 2. The monoisotopic (exact) mass is 225 g/mol. The fraction of sp³-hybridized carbons (Fsp3) is 0.538. The van der Waals surface area contributed by atoms with E-state index in [1.54, 1.807) is 0 Å². The van der Waals surface area contributed by atoms with Gasteiger partial charge in [-0.1, -0.05) is 6.92 Å². The van der Waals surface area contributed by atoms with Crippen molar-refractivity contribution in [3.63, 3.8) is 0 Å². The minimum Gasteiger partial charge on any atom is -0.311 e. The first-order valence-electron chi connectivity index (χ1n) is 5.84. The van der Waals surface area contributed by atoms with Crippen molar-refractivity contribution in [2.75, 3.05) is 6.54 Å². The van der Waals surface area contributed by atoms with Crippen LogP contribution in [0.4, 0.5) is 8.78 Å². The van der Waals surface area contributed by atoms with E-state index >= 15 is 0 Å². The van der Waals surface area contributed by atoms with Crippen LogP contribution in [0.15, 0.2) is 18.2 Å². The smallest absolute Gasteiger partial charge is 0.126 e. The SMILES string of the molecule is CCC1(Cc2cc(F)ccc2F)CCCN1. The summed E-state index contributed by atoms with van der Waals surface area (Å²) in [6, 6.07) is 3.69. The van der Waals surface area contributed by atoms with Crippen molar-refractivity contribution in [3.05, 3.63) is 35.4 Å². The summed E-state index contributed by atoms with van der Waals surface area (Å²) in [5, 5.41) is 3.43. The lowest BCUT2D eigenvalue weighted by Crippen LogP contribution is -2.41. The summed E-state index contributed by atoms with van der Waals surface area (Å²) < 4.78 is 26.6. The van der Waals surface area contributed by atoms with Crippen LogP contribution in [-0.2, 0) is 6.42 Å². The molecule has 0 bridgehead atoms. The van der Waals surface area contributed by atoms with Crippen LogP contribution in [0.3, 0.4) is 0 Å². The number of benzene rings is 1. The summed E-state index contributed by atoms with van der Waals surface area (Å²) >= 11 is 0. The van der Waals surface area contributed by atoms with Crippen LogP contribution in [0.1, 0.15) is 31.7 Å². The van der Waals surface area contributed by atoms with Crippen molar-refractivity contribution in [3.8, 4) is 0 Å². The zero-order valence-corrected chi connectivity index (χ0v) is 9.52. The summed E-state index contributed by atoms with van der Waals surface area (Å²) in [5.41, 5.74) is 0.450. The van der Waals surface area contributed by atoms with Gasteiger partial charge in [0.1, 0.15) is 11.6 Å². The van der Waals surface area contributed by atoms with Crippen LogP contribution in [0, 0.1) is 11.6 Å². The molecule has 1 saturated heterocycles. The molecule has 1 aliphatic heterocycles. The lowest BCUT2D eigenvalue weighted by molar-refractivity contribution is 0.354. The maximum absolute atomic E-state index is 13.5. The largest absolute Gasteiger partial charge is 0.311 e. The summed E-state index contributed by atoms with van der Waals surface area (Å²) in [7, 11) is 0. The first kappa shape index (κ1) is 11.5. The Bertz CT molecular complexity index is 370. The molecule has 0 aliphatic carbocycles. The molecule has 0 radical (unpaired) electrons. The van der Waals surface area contributed by atoms with Crippen LogP contribution in [0.2, 0.25) is 0 Å². The van der Waals surface area contributed by atoms with Crippen LogP contribution >= 0.6 is 0 Å². The third-order valence-corrected chi connectivity index (χ3v) is 3.55. The highest BCUT2D eigenvalue weighted by Crippen LogP contribution is 2.28. The molecule has 1 aromatic carbocycles. The Balaban J connectivity index is 2.21. The van der Waals surface area contributed by atoms with Crippen LogP contribution in [0.25, 0.3) is 0 Å². The topological polar surface area (TPSA) is 12.0 Å². The van der Waals surface area contributed by atoms with Crippen molar-refractivity contribution in [2.24, 2.45) is 0 Å². The normalized spacial score (nSPS) is 24.9. The molecule has 3 heteroatoms. The average Bonchev–Trinajstić information content (AvgIpc) is 2.73. The highest BCUT2D eigenvalue weighted by atomic mass is 19.1. The molecule has 1 atom stereocenters. The van der Waals surface area contributed by atoms with E-state index in [4.69, 9.17) is 0 Å². The molecular weight excluding hydrogens is 208 g/mol. The van der Waals surface area contributed by atoms with Gasteiger partial charge in [-0.05, 0) is 56.0 Å². The molecule has 0 amide bonds. The van der Waals surface area contributed by atoms with Gasteiger partial charge in [-0.2, -0.15) is 0 Å². The van der Waals surface area contributed by atoms with Gasteiger partial charge in [0.25, 0.3) is 0 Å². The molecule has 0 saturated carbocycles. The second kappa shape index (κ2) is 4.50. The molecule has 1 N–H and O–H groups in total. The van der Waals surface area contributed by atoms with E-state index in [0.717, 1.165) is 25.8 Å². The van der Waals surface area contributed by atoms with Gasteiger partial charge in [-0.15, -0.1) is 0 Å². The third-order valence-electron chi connectivity index (χ3n) is 3.55. The number of nitrogens with one attached hydrogen (secondary N) is 1. The van der Waals surface area contributed by atoms with E-state index in [-0.39, 0.29) is 17.2 Å². The van der Waals surface area contributed by atoms with Gasteiger partial charge in [-0.3, -0.25) is 0 Å². The van der Waals surface area contributed by atoms with Crippen molar-refractivity contribution in [1.82, 2.24) is 5.32 Å². The second-order valence-electron chi connectivity index (χ2n) is 4.58. The van der Waals surface area contributed by atoms with E-state index in [1.807, 2.05) is 0 Å². The van der Waals surface area contributed by atoms with Gasteiger partial charge in [0, 0.05) is 5.54 Å². The predicted molar refractivity (Wildman–Crippen MR) is 60.3 cm³/mol. The van der Waals surface area contributed by atoms with Gasteiger partial charge >= 0.3 is 0 Å². The Morgan fingerprint density at radius 3 is 2.81 bits per heavy atom. The van der Waals surface area contributed by atoms with E-state index in [1.165, 1.54) is 18.2 Å². The standard InChI is InChI=1S/C13H17F2N/c1-2-13(6-3-7-16-13)9-10-8-11(14)4-5-12(10)15/h4-5,8,16H,2-3,6-7,9H2,1H3. The van der Waals surface area contributed by atoms with Gasteiger partial charge in [0.05, 0.1) is 0 Å². The molecule has 16 heavy (non-hydrogen) atoms. The first-order valence-corrected chi connectivity index (χ1v) is 5.84. The molecule has 1 nitrogen and oxygen atoms in total. The molecule has 2 rings (SSSR count). The fourth-order valence-corrected chi connectivity index (χ4v) is 2.49. The highest BCUT2D eigenvalue weighted by Gasteiger charge is 2.32. The number of hydrogen-bond donors (Lipinski definition) is 1. The van der Waals surface area contributed by atoms with Gasteiger partial charge in [-0.25, -0.2) is 8.78 Å². The quantitative estimate of drug-likeness (QED) is 0.833. The molecule has 88 valence electrons. The van der Waals surface area contributed by atoms with Gasteiger partial charge in [0.15, 0.2) is 0 Å². The van der Waals surface area contributed by atoms with Crippen molar-refractivity contribution >= 4 is 0 Å². The van der Waals surface area contributed by atoms with Crippen LogP contribution in [0.5, 0.6) is 0 Å². The Morgan fingerprint density at radius 2 is 2.19 bits per heavy atom. The molecule has 0 spiro atoms. The Kier molecular flexibility index (Phi) is 3.24. The van der Waals surface area contributed by atoms with Crippen molar-refractivity contribution in [2.45, 2.75) is 38.1 Å². The highest BCUT2D eigenvalue weighted by molar-refractivity contribution is 5.22. The Hall–Kier alpha value is -0.960. The van der Waals surface area contributed by atoms with E-state index in [0.29, 0.717) is 12.0 Å². The zero-order chi connectivity index (χ0) is 11.6. The Labute approximate surface area is 94.9 Å². The number of rotatable bonds is 3. The molecule has 1 unspecified atom stereocenters. The third kappa shape index (κ3) is 2.24. The molecule has 0 aromatic heterocycles. The van der Waals surface area contributed by atoms with E-state index in [9.17, 15) is 8.78 Å². The van der Waals surface area contributed by atoms with Gasteiger partial charge in [0.2, 0.25) is 0 Å².